The molecule has 14 heavy (non-hydrogen) atoms. The van der Waals surface area contributed by atoms with Gasteiger partial charge in [-0.05, 0) is 16.5 Å². The molecule has 0 amide bonds. The van der Waals surface area contributed by atoms with Crippen molar-refractivity contribution in [2.75, 3.05) is 0 Å². The summed E-state index contributed by atoms with van der Waals surface area (Å²) in [4.78, 5) is 0. The van der Waals surface area contributed by atoms with Crippen LogP contribution in [0.25, 0.3) is 0 Å². The Morgan fingerprint density at radius 1 is 1.21 bits per heavy atom. The third-order valence-corrected chi connectivity index (χ3v) is 2.42. The molecule has 0 aliphatic rings. The van der Waals surface area contributed by atoms with Crippen molar-refractivity contribution in [3.63, 3.8) is 0 Å². The molecule has 2 N–H and O–H groups in total. The van der Waals surface area contributed by atoms with E-state index in [1.807, 2.05) is 0 Å². The fraction of sp³-hybridized carbons (Fsp3) is 0.385. The molecule has 1 aromatic carbocycles. The van der Waals surface area contributed by atoms with Gasteiger partial charge in [0, 0.05) is 6.04 Å². The lowest BCUT2D eigenvalue weighted by molar-refractivity contribution is 0.590. The summed E-state index contributed by atoms with van der Waals surface area (Å²) in [7, 11) is 0. The predicted octanol–water partition coefficient (Wildman–Crippen LogP) is 3.17. The first-order chi connectivity index (χ1) is 6.45. The number of hydrogen-bond acceptors (Lipinski definition) is 1. The van der Waals surface area contributed by atoms with Gasteiger partial charge in [-0.1, -0.05) is 51.1 Å². The van der Waals surface area contributed by atoms with Gasteiger partial charge in [0.15, 0.2) is 0 Å². The molecule has 0 spiro atoms. The van der Waals surface area contributed by atoms with E-state index >= 15 is 0 Å². The molecule has 0 radical (unpaired) electrons. The Morgan fingerprint density at radius 2 is 1.71 bits per heavy atom. The number of hydrogen-bond donors (Lipinski definition) is 1. The summed E-state index contributed by atoms with van der Waals surface area (Å²) < 4.78 is 0. The van der Waals surface area contributed by atoms with E-state index < -0.39 is 0 Å². The van der Waals surface area contributed by atoms with Crippen molar-refractivity contribution in [2.45, 2.75) is 32.2 Å². The van der Waals surface area contributed by atoms with E-state index in [4.69, 9.17) is 5.73 Å². The van der Waals surface area contributed by atoms with Crippen LogP contribution in [-0.2, 0) is 5.41 Å². The van der Waals surface area contributed by atoms with Crippen LogP contribution in [0.5, 0.6) is 0 Å². The fourth-order valence-corrected chi connectivity index (χ4v) is 1.34. The topological polar surface area (TPSA) is 26.0 Å². The average Bonchev–Trinajstić information content (AvgIpc) is 2.15. The number of nitrogens with two attached hydrogens (primary N) is 1. The second kappa shape index (κ2) is 3.97. The highest BCUT2D eigenvalue weighted by atomic mass is 14.6. The molecular formula is C13H19N. The first-order valence-electron chi connectivity index (χ1n) is 4.93. The third kappa shape index (κ3) is 2.46. The molecule has 76 valence electrons. The molecule has 1 nitrogen and oxygen atoms in total. The normalized spacial score (nSPS) is 13.7. The van der Waals surface area contributed by atoms with E-state index in [0.717, 1.165) is 5.56 Å². The highest BCUT2D eigenvalue weighted by Crippen LogP contribution is 2.23. The van der Waals surface area contributed by atoms with Crippen molar-refractivity contribution >= 4 is 0 Å². The van der Waals surface area contributed by atoms with Crippen LogP contribution in [0.4, 0.5) is 0 Å². The van der Waals surface area contributed by atoms with Crippen LogP contribution in [0.1, 0.15) is 37.9 Å². The monoisotopic (exact) mass is 189 g/mol. The molecule has 0 aliphatic carbocycles. The van der Waals surface area contributed by atoms with Gasteiger partial charge in [-0.15, -0.1) is 6.58 Å². The summed E-state index contributed by atoms with van der Waals surface area (Å²) in [5.41, 5.74) is 8.49. The SMILES string of the molecule is C=CC(N)c1ccc(C(C)(C)C)cc1. The Bertz CT molecular complexity index is 303. The van der Waals surface area contributed by atoms with Crippen molar-refractivity contribution < 1.29 is 0 Å². The molecule has 1 unspecified atom stereocenters. The van der Waals surface area contributed by atoms with Crippen molar-refractivity contribution in [3.8, 4) is 0 Å². The van der Waals surface area contributed by atoms with Gasteiger partial charge in [-0.25, -0.2) is 0 Å². The lowest BCUT2D eigenvalue weighted by Gasteiger charge is -2.19. The van der Waals surface area contributed by atoms with Crippen LogP contribution in [-0.4, -0.2) is 0 Å². The second-order valence-electron chi connectivity index (χ2n) is 4.63. The minimum absolute atomic E-state index is 0.0518. The van der Waals surface area contributed by atoms with Gasteiger partial charge < -0.3 is 5.73 Å². The standard InChI is InChI=1S/C13H19N/c1-5-12(14)10-6-8-11(9-7-10)13(2,3)4/h5-9,12H,1,14H2,2-4H3. The Kier molecular flexibility index (Phi) is 3.12. The minimum Gasteiger partial charge on any atom is -0.321 e. The molecule has 1 aromatic rings. The summed E-state index contributed by atoms with van der Waals surface area (Å²) in [6.07, 6.45) is 1.76. The van der Waals surface area contributed by atoms with E-state index in [-0.39, 0.29) is 11.5 Å². The van der Waals surface area contributed by atoms with Crippen molar-refractivity contribution in [3.05, 3.63) is 48.0 Å². The zero-order valence-electron chi connectivity index (χ0n) is 9.25. The smallest absolute Gasteiger partial charge is 0.0478 e. The molecule has 1 rings (SSSR count). The molecule has 0 saturated heterocycles. The maximum Gasteiger partial charge on any atom is 0.0478 e. The maximum atomic E-state index is 5.84. The van der Waals surface area contributed by atoms with Crippen LogP contribution < -0.4 is 5.73 Å². The lowest BCUT2D eigenvalue weighted by Crippen LogP contribution is -2.12. The predicted molar refractivity (Wildman–Crippen MR) is 62.3 cm³/mol. The summed E-state index contributed by atoms with van der Waals surface area (Å²) in [6.45, 7) is 10.3. The van der Waals surface area contributed by atoms with Gasteiger partial charge in [0.1, 0.15) is 0 Å². The summed E-state index contributed by atoms with van der Waals surface area (Å²) in [6, 6.07) is 8.38. The summed E-state index contributed by atoms with van der Waals surface area (Å²) in [5.74, 6) is 0. The van der Waals surface area contributed by atoms with Gasteiger partial charge in [0.25, 0.3) is 0 Å². The highest BCUT2D eigenvalue weighted by Gasteiger charge is 2.13. The van der Waals surface area contributed by atoms with Gasteiger partial charge >= 0.3 is 0 Å². The van der Waals surface area contributed by atoms with Crippen LogP contribution in [0.3, 0.4) is 0 Å². The van der Waals surface area contributed by atoms with Crippen LogP contribution >= 0.6 is 0 Å². The van der Waals surface area contributed by atoms with E-state index in [0.29, 0.717) is 0 Å². The van der Waals surface area contributed by atoms with Crippen LogP contribution in [0, 0.1) is 0 Å². The summed E-state index contributed by atoms with van der Waals surface area (Å²) >= 11 is 0. The highest BCUT2D eigenvalue weighted by molar-refractivity contribution is 5.30. The molecule has 0 heterocycles. The summed E-state index contributed by atoms with van der Waals surface area (Å²) in [5, 5.41) is 0. The fourth-order valence-electron chi connectivity index (χ4n) is 1.34. The first kappa shape index (κ1) is 11.0. The molecule has 0 bridgehead atoms. The molecule has 0 aromatic heterocycles. The van der Waals surface area contributed by atoms with E-state index in [1.54, 1.807) is 6.08 Å². The van der Waals surface area contributed by atoms with E-state index in [9.17, 15) is 0 Å². The Hall–Kier alpha value is -1.08. The first-order valence-corrected chi connectivity index (χ1v) is 4.93. The zero-order chi connectivity index (χ0) is 10.8. The molecule has 1 heteroatoms. The molecule has 0 fully saturated rings. The Balaban J connectivity index is 2.95. The zero-order valence-corrected chi connectivity index (χ0v) is 9.25. The second-order valence-corrected chi connectivity index (χ2v) is 4.63. The minimum atomic E-state index is -0.0518. The molecule has 1 atom stereocenters. The van der Waals surface area contributed by atoms with Crippen LogP contribution in [0.2, 0.25) is 0 Å². The molecular weight excluding hydrogens is 170 g/mol. The Morgan fingerprint density at radius 3 is 2.07 bits per heavy atom. The number of rotatable bonds is 2. The van der Waals surface area contributed by atoms with E-state index in [2.05, 4.69) is 51.6 Å². The quantitative estimate of drug-likeness (QED) is 0.710. The number of benzene rings is 1. The molecule has 0 saturated carbocycles. The van der Waals surface area contributed by atoms with E-state index in [1.165, 1.54) is 5.56 Å². The van der Waals surface area contributed by atoms with Gasteiger partial charge in [0.05, 0.1) is 0 Å². The largest absolute Gasteiger partial charge is 0.321 e. The van der Waals surface area contributed by atoms with Crippen molar-refractivity contribution in [1.29, 1.82) is 0 Å². The molecule has 0 aliphatic heterocycles. The van der Waals surface area contributed by atoms with Crippen molar-refractivity contribution in [1.82, 2.24) is 0 Å². The maximum absolute atomic E-state index is 5.84. The Labute approximate surface area is 86.6 Å². The van der Waals surface area contributed by atoms with Crippen molar-refractivity contribution in [2.24, 2.45) is 5.73 Å². The van der Waals surface area contributed by atoms with Gasteiger partial charge in [-0.2, -0.15) is 0 Å². The lowest BCUT2D eigenvalue weighted by atomic mass is 9.86. The average molecular weight is 189 g/mol. The van der Waals surface area contributed by atoms with Gasteiger partial charge in [-0.3, -0.25) is 0 Å². The van der Waals surface area contributed by atoms with Crippen LogP contribution in [0.15, 0.2) is 36.9 Å². The third-order valence-electron chi connectivity index (χ3n) is 2.42. The van der Waals surface area contributed by atoms with Gasteiger partial charge in [0.2, 0.25) is 0 Å².